The summed E-state index contributed by atoms with van der Waals surface area (Å²) in [5, 5.41) is 13.6. The van der Waals surface area contributed by atoms with Crippen molar-refractivity contribution in [3.05, 3.63) is 55.6 Å². The van der Waals surface area contributed by atoms with Crippen LogP contribution in [0.2, 0.25) is 0 Å². The Labute approximate surface area is 163 Å². The Balaban J connectivity index is 2.22. The molecule has 0 aliphatic carbocycles. The highest BCUT2D eigenvalue weighted by Crippen LogP contribution is 2.30. The Morgan fingerprint density at radius 1 is 1.15 bits per heavy atom. The second-order valence-electron chi connectivity index (χ2n) is 5.08. The van der Waals surface area contributed by atoms with Gasteiger partial charge in [-0.05, 0) is 40.8 Å². The predicted molar refractivity (Wildman–Crippen MR) is 104 cm³/mol. The maximum absolute atomic E-state index is 12.5. The number of nitro benzene ring substituents is 1. The number of halogens is 1. The number of ether oxygens (including phenoxy) is 3. The number of nitrogens with zero attached hydrogens (tertiary/aromatic N) is 1. The zero-order valence-electron chi connectivity index (χ0n) is 14.2. The van der Waals surface area contributed by atoms with Crippen molar-refractivity contribution < 1.29 is 23.9 Å². The van der Waals surface area contributed by atoms with Gasteiger partial charge in [0.05, 0.1) is 24.2 Å². The van der Waals surface area contributed by atoms with Crippen molar-refractivity contribution in [2.45, 2.75) is 0 Å². The smallest absolute Gasteiger partial charge is 0.270 e. The largest absolute Gasteiger partial charge is 0.493 e. The summed E-state index contributed by atoms with van der Waals surface area (Å²) in [6.07, 6.45) is 0. The number of carbonyl (C=O) groups is 1. The Morgan fingerprint density at radius 3 is 2.58 bits per heavy atom. The van der Waals surface area contributed by atoms with Gasteiger partial charge in [-0.25, -0.2) is 0 Å². The van der Waals surface area contributed by atoms with Crippen molar-refractivity contribution in [1.82, 2.24) is 0 Å². The molecule has 8 nitrogen and oxygen atoms in total. The maximum atomic E-state index is 12.5. The van der Waals surface area contributed by atoms with Crippen molar-refractivity contribution in [2.24, 2.45) is 0 Å². The molecule has 0 radical (unpaired) electrons. The van der Waals surface area contributed by atoms with Crippen LogP contribution in [0.1, 0.15) is 10.4 Å². The number of benzene rings is 2. The molecule has 9 heteroatoms. The lowest BCUT2D eigenvalue weighted by Gasteiger charge is -2.13. The van der Waals surface area contributed by atoms with Gasteiger partial charge in [-0.15, -0.1) is 0 Å². The minimum atomic E-state index is -0.540. The van der Waals surface area contributed by atoms with E-state index in [1.165, 1.54) is 25.3 Å². The average molecular weight is 472 g/mol. The zero-order chi connectivity index (χ0) is 19.1. The van der Waals surface area contributed by atoms with E-state index < -0.39 is 10.8 Å². The third kappa shape index (κ3) is 5.05. The highest BCUT2D eigenvalue weighted by atomic mass is 127. The van der Waals surface area contributed by atoms with Crippen LogP contribution in [0.25, 0.3) is 0 Å². The van der Waals surface area contributed by atoms with Gasteiger partial charge in [-0.1, -0.05) is 0 Å². The van der Waals surface area contributed by atoms with Crippen LogP contribution >= 0.6 is 22.6 Å². The topological polar surface area (TPSA) is 99.9 Å². The lowest BCUT2D eigenvalue weighted by molar-refractivity contribution is -0.384. The van der Waals surface area contributed by atoms with E-state index in [2.05, 4.69) is 5.32 Å². The number of anilines is 1. The molecule has 0 fully saturated rings. The molecule has 2 rings (SSSR count). The van der Waals surface area contributed by atoms with Crippen LogP contribution in [-0.4, -0.2) is 38.3 Å². The fourth-order valence-corrected chi connectivity index (χ4v) is 2.68. The van der Waals surface area contributed by atoms with Crippen molar-refractivity contribution in [3.63, 3.8) is 0 Å². The molecule has 0 unspecified atom stereocenters. The summed E-state index contributed by atoms with van der Waals surface area (Å²) in [4.78, 5) is 22.9. The van der Waals surface area contributed by atoms with Gasteiger partial charge >= 0.3 is 0 Å². The van der Waals surface area contributed by atoms with Gasteiger partial charge in [-0.2, -0.15) is 0 Å². The molecule has 0 heterocycles. The normalized spacial score (nSPS) is 10.3. The number of nitrogens with one attached hydrogen (secondary N) is 1. The van der Waals surface area contributed by atoms with Crippen LogP contribution in [0.15, 0.2) is 36.4 Å². The molecular weight excluding hydrogens is 455 g/mol. The van der Waals surface area contributed by atoms with Crippen molar-refractivity contribution in [3.8, 4) is 11.5 Å². The number of amides is 1. The Bertz CT molecular complexity index is 812. The molecule has 0 spiro atoms. The van der Waals surface area contributed by atoms with Gasteiger partial charge in [0, 0.05) is 34.6 Å². The quantitative estimate of drug-likeness (QED) is 0.273. The lowest BCUT2D eigenvalue weighted by Crippen LogP contribution is -2.14. The second kappa shape index (κ2) is 9.34. The summed E-state index contributed by atoms with van der Waals surface area (Å²) >= 11 is 1.96. The second-order valence-corrected chi connectivity index (χ2v) is 6.24. The summed E-state index contributed by atoms with van der Waals surface area (Å²) in [6.45, 7) is 0.735. The molecular formula is C17H17IN2O6. The SMILES string of the molecule is COCCOc1cc(NC(=O)c2cc([N+](=O)[O-])ccc2I)ccc1OC. The van der Waals surface area contributed by atoms with E-state index in [0.717, 1.165) is 0 Å². The van der Waals surface area contributed by atoms with Crippen LogP contribution in [0.3, 0.4) is 0 Å². The van der Waals surface area contributed by atoms with E-state index in [1.54, 1.807) is 25.3 Å². The number of hydrogen-bond donors (Lipinski definition) is 1. The molecule has 26 heavy (non-hydrogen) atoms. The first-order valence-electron chi connectivity index (χ1n) is 7.51. The highest BCUT2D eigenvalue weighted by molar-refractivity contribution is 14.1. The monoisotopic (exact) mass is 472 g/mol. The number of nitro groups is 1. The average Bonchev–Trinajstić information content (AvgIpc) is 2.62. The molecule has 0 aromatic heterocycles. The summed E-state index contributed by atoms with van der Waals surface area (Å²) < 4.78 is 16.4. The first-order chi connectivity index (χ1) is 12.5. The van der Waals surface area contributed by atoms with Gasteiger partial charge in [0.2, 0.25) is 0 Å². The Morgan fingerprint density at radius 2 is 1.92 bits per heavy atom. The molecule has 0 bridgehead atoms. The Kier molecular flexibility index (Phi) is 7.16. The molecule has 2 aromatic carbocycles. The summed E-state index contributed by atoms with van der Waals surface area (Å²) in [6, 6.07) is 9.07. The molecule has 0 saturated heterocycles. The van der Waals surface area contributed by atoms with Gasteiger partial charge in [0.15, 0.2) is 11.5 Å². The van der Waals surface area contributed by atoms with Crippen LogP contribution in [0, 0.1) is 13.7 Å². The summed E-state index contributed by atoms with van der Waals surface area (Å²) in [7, 11) is 3.08. The highest BCUT2D eigenvalue weighted by Gasteiger charge is 2.16. The molecule has 0 saturated carbocycles. The maximum Gasteiger partial charge on any atom is 0.270 e. The van der Waals surface area contributed by atoms with Crippen LogP contribution in [0.5, 0.6) is 11.5 Å². The molecule has 1 N–H and O–H groups in total. The Hall–Kier alpha value is -2.40. The summed E-state index contributed by atoms with van der Waals surface area (Å²) in [5.74, 6) is 0.520. The van der Waals surface area contributed by atoms with Crippen LogP contribution < -0.4 is 14.8 Å². The minimum Gasteiger partial charge on any atom is -0.493 e. The van der Waals surface area contributed by atoms with Gasteiger partial charge in [0.25, 0.3) is 11.6 Å². The number of hydrogen-bond acceptors (Lipinski definition) is 6. The molecule has 2 aromatic rings. The van der Waals surface area contributed by atoms with E-state index in [1.807, 2.05) is 22.6 Å². The van der Waals surface area contributed by atoms with E-state index >= 15 is 0 Å². The molecule has 0 atom stereocenters. The van der Waals surface area contributed by atoms with Gasteiger partial charge in [-0.3, -0.25) is 14.9 Å². The number of methoxy groups -OCH3 is 2. The van der Waals surface area contributed by atoms with E-state index in [9.17, 15) is 14.9 Å². The predicted octanol–water partition coefficient (Wildman–Crippen LogP) is 3.49. The van der Waals surface area contributed by atoms with E-state index in [0.29, 0.717) is 34.0 Å². The fraction of sp³-hybridized carbons (Fsp3) is 0.235. The van der Waals surface area contributed by atoms with Crippen molar-refractivity contribution >= 4 is 39.9 Å². The lowest BCUT2D eigenvalue weighted by atomic mass is 10.2. The van der Waals surface area contributed by atoms with Gasteiger partial charge in [0.1, 0.15) is 6.61 Å². The molecule has 0 aliphatic heterocycles. The minimum absolute atomic E-state index is 0.145. The third-order valence-electron chi connectivity index (χ3n) is 3.37. The van der Waals surface area contributed by atoms with E-state index in [-0.39, 0.29) is 11.3 Å². The first-order valence-corrected chi connectivity index (χ1v) is 8.59. The van der Waals surface area contributed by atoms with Crippen LogP contribution in [-0.2, 0) is 4.74 Å². The standard InChI is InChI=1S/C17H17IN2O6/c1-24-7-8-26-16-9-11(3-6-15(16)25-2)19-17(21)13-10-12(20(22)23)4-5-14(13)18/h3-6,9-10H,7-8H2,1-2H3,(H,19,21). The fourth-order valence-electron chi connectivity index (χ4n) is 2.10. The molecule has 138 valence electrons. The van der Waals surface area contributed by atoms with Crippen LogP contribution in [0.4, 0.5) is 11.4 Å². The first kappa shape index (κ1) is 19.9. The van der Waals surface area contributed by atoms with E-state index in [4.69, 9.17) is 14.2 Å². The number of non-ortho nitro benzene ring substituents is 1. The van der Waals surface area contributed by atoms with Crippen molar-refractivity contribution in [1.29, 1.82) is 0 Å². The number of carbonyl (C=O) groups excluding carboxylic acids is 1. The number of rotatable bonds is 8. The van der Waals surface area contributed by atoms with Gasteiger partial charge < -0.3 is 19.5 Å². The third-order valence-corrected chi connectivity index (χ3v) is 4.31. The molecule has 1 amide bonds. The zero-order valence-corrected chi connectivity index (χ0v) is 16.3. The molecule has 0 aliphatic rings. The summed E-state index contributed by atoms with van der Waals surface area (Å²) in [5.41, 5.74) is 0.553. The van der Waals surface area contributed by atoms with Crippen molar-refractivity contribution in [2.75, 3.05) is 32.8 Å².